The summed E-state index contributed by atoms with van der Waals surface area (Å²) in [6.45, 7) is 0. The molecule has 5 aromatic carbocycles. The Hall–Kier alpha value is -3.32. The zero-order chi connectivity index (χ0) is 19.4. The molecule has 0 radical (unpaired) electrons. The molecule has 1 nitrogen and oxygen atoms in total. The monoisotopic (exact) mass is 374 g/mol. The summed E-state index contributed by atoms with van der Waals surface area (Å²) in [5, 5.41) is 18.4. The van der Waals surface area contributed by atoms with Gasteiger partial charge in [0.2, 0.25) is 0 Å². The predicted molar refractivity (Wildman–Crippen MR) is 122 cm³/mol. The van der Waals surface area contributed by atoms with Crippen LogP contribution in [0.5, 0.6) is 5.75 Å². The molecule has 0 amide bonds. The van der Waals surface area contributed by atoms with E-state index in [1.54, 1.807) is 0 Å². The third-order valence-corrected chi connectivity index (χ3v) is 6.72. The van der Waals surface area contributed by atoms with E-state index in [4.69, 9.17) is 0 Å². The van der Waals surface area contributed by atoms with Crippen molar-refractivity contribution in [3.8, 4) is 5.75 Å². The van der Waals surface area contributed by atoms with E-state index >= 15 is 0 Å². The molecule has 140 valence electrons. The van der Waals surface area contributed by atoms with Crippen LogP contribution in [0.15, 0.2) is 84.9 Å². The minimum absolute atomic E-state index is 0.366. The number of phenols is 1. The molecule has 1 heteroatoms. The van der Waals surface area contributed by atoms with Crippen LogP contribution < -0.4 is 0 Å². The van der Waals surface area contributed by atoms with E-state index in [0.717, 1.165) is 35.6 Å². The van der Waals surface area contributed by atoms with Gasteiger partial charge in [-0.25, -0.2) is 0 Å². The third kappa shape index (κ3) is 2.54. The largest absolute Gasteiger partial charge is 0.507 e. The normalized spacial score (nSPS) is 16.3. The van der Waals surface area contributed by atoms with Gasteiger partial charge in [-0.05, 0) is 68.8 Å². The molecule has 1 N–H and O–H groups in total. The molecule has 5 aromatic rings. The number of rotatable bonds is 1. The Morgan fingerprint density at radius 2 is 1.31 bits per heavy atom. The smallest absolute Gasteiger partial charge is 0.126 e. The SMILES string of the molecule is Oc1c(C2CCc3c(ccc4c3ccc3ccccc34)C2)ccc2ccccc12. The number of phenolic OH excluding ortho intramolecular Hbond substituents is 1. The molecule has 0 saturated heterocycles. The van der Waals surface area contributed by atoms with Gasteiger partial charge in [0.15, 0.2) is 0 Å². The van der Waals surface area contributed by atoms with Gasteiger partial charge in [-0.15, -0.1) is 0 Å². The molecule has 0 saturated carbocycles. The average Bonchev–Trinajstić information content (AvgIpc) is 2.78. The van der Waals surface area contributed by atoms with Gasteiger partial charge in [-0.2, -0.15) is 0 Å². The molecule has 0 aromatic heterocycles. The van der Waals surface area contributed by atoms with E-state index < -0.39 is 0 Å². The molecule has 0 bridgehead atoms. The molecule has 0 aliphatic heterocycles. The first-order chi connectivity index (χ1) is 14.3. The zero-order valence-corrected chi connectivity index (χ0v) is 16.2. The second kappa shape index (κ2) is 6.35. The minimum atomic E-state index is 0.366. The van der Waals surface area contributed by atoms with Crippen LogP contribution in [0.1, 0.15) is 29.0 Å². The lowest BCUT2D eigenvalue weighted by atomic mass is 9.77. The van der Waals surface area contributed by atoms with E-state index in [1.807, 2.05) is 18.2 Å². The quantitative estimate of drug-likeness (QED) is 0.310. The van der Waals surface area contributed by atoms with E-state index in [1.165, 1.54) is 32.7 Å². The second-order valence-electron chi connectivity index (χ2n) is 8.25. The number of hydrogen-bond donors (Lipinski definition) is 1. The van der Waals surface area contributed by atoms with Crippen molar-refractivity contribution in [1.29, 1.82) is 0 Å². The van der Waals surface area contributed by atoms with Crippen LogP contribution >= 0.6 is 0 Å². The van der Waals surface area contributed by atoms with Crippen LogP contribution in [0.2, 0.25) is 0 Å². The average molecular weight is 374 g/mol. The Bertz CT molecular complexity index is 1400. The summed E-state index contributed by atoms with van der Waals surface area (Å²) in [5.74, 6) is 0.827. The first kappa shape index (κ1) is 16.6. The Morgan fingerprint density at radius 3 is 2.17 bits per heavy atom. The number of aromatic hydroxyl groups is 1. The lowest BCUT2D eigenvalue weighted by molar-refractivity contribution is 0.460. The molecule has 0 heterocycles. The van der Waals surface area contributed by atoms with Gasteiger partial charge in [-0.1, -0.05) is 84.9 Å². The molecule has 0 spiro atoms. The Kier molecular flexibility index (Phi) is 3.64. The first-order valence-electron chi connectivity index (χ1n) is 10.4. The maximum Gasteiger partial charge on any atom is 0.126 e. The van der Waals surface area contributed by atoms with Gasteiger partial charge in [0, 0.05) is 5.39 Å². The molecule has 1 atom stereocenters. The van der Waals surface area contributed by atoms with Gasteiger partial charge in [-0.3, -0.25) is 0 Å². The lowest BCUT2D eigenvalue weighted by Gasteiger charge is -2.27. The van der Waals surface area contributed by atoms with E-state index in [0.29, 0.717) is 11.7 Å². The number of benzene rings is 5. The van der Waals surface area contributed by atoms with Crippen molar-refractivity contribution >= 4 is 32.3 Å². The second-order valence-corrected chi connectivity index (χ2v) is 8.25. The topological polar surface area (TPSA) is 20.2 Å². The fourth-order valence-electron chi connectivity index (χ4n) is 5.24. The molecular weight excluding hydrogens is 352 g/mol. The van der Waals surface area contributed by atoms with Gasteiger partial charge >= 0.3 is 0 Å². The highest BCUT2D eigenvalue weighted by Gasteiger charge is 2.24. The predicted octanol–water partition coefficient (Wildman–Crippen LogP) is 7.12. The van der Waals surface area contributed by atoms with Crippen LogP contribution in [0.3, 0.4) is 0 Å². The fraction of sp³-hybridized carbons (Fsp3) is 0.143. The molecular formula is C28H22O. The fourth-order valence-corrected chi connectivity index (χ4v) is 5.24. The third-order valence-electron chi connectivity index (χ3n) is 6.72. The summed E-state index contributed by atoms with van der Waals surface area (Å²) in [5.41, 5.74) is 4.01. The Morgan fingerprint density at radius 1 is 0.621 bits per heavy atom. The van der Waals surface area contributed by atoms with Crippen molar-refractivity contribution < 1.29 is 5.11 Å². The number of hydrogen-bond acceptors (Lipinski definition) is 1. The first-order valence-corrected chi connectivity index (χ1v) is 10.4. The highest BCUT2D eigenvalue weighted by Crippen LogP contribution is 2.42. The van der Waals surface area contributed by atoms with Crippen molar-refractivity contribution in [3.63, 3.8) is 0 Å². The summed E-state index contributed by atoms with van der Waals surface area (Å²) in [6, 6.07) is 30.2. The Balaban J connectivity index is 1.45. The van der Waals surface area contributed by atoms with Crippen molar-refractivity contribution in [2.24, 2.45) is 0 Å². The lowest BCUT2D eigenvalue weighted by Crippen LogP contribution is -2.13. The van der Waals surface area contributed by atoms with Gasteiger partial charge in [0.05, 0.1) is 0 Å². The summed E-state index contributed by atoms with van der Waals surface area (Å²) in [7, 11) is 0. The van der Waals surface area contributed by atoms with Crippen molar-refractivity contribution in [1.82, 2.24) is 0 Å². The summed E-state index contributed by atoms with van der Waals surface area (Å²) in [4.78, 5) is 0. The van der Waals surface area contributed by atoms with Crippen molar-refractivity contribution in [2.45, 2.75) is 25.2 Å². The van der Waals surface area contributed by atoms with Gasteiger partial charge < -0.3 is 5.11 Å². The van der Waals surface area contributed by atoms with Crippen LogP contribution in [0.25, 0.3) is 32.3 Å². The van der Waals surface area contributed by atoms with Crippen LogP contribution in [0, 0.1) is 0 Å². The molecule has 29 heavy (non-hydrogen) atoms. The molecule has 6 rings (SSSR count). The van der Waals surface area contributed by atoms with Crippen molar-refractivity contribution in [3.05, 3.63) is 102 Å². The highest BCUT2D eigenvalue weighted by molar-refractivity contribution is 6.08. The van der Waals surface area contributed by atoms with Crippen LogP contribution in [0.4, 0.5) is 0 Å². The molecule has 1 unspecified atom stereocenters. The number of aryl methyl sites for hydroxylation is 1. The summed E-state index contributed by atoms with van der Waals surface area (Å²) >= 11 is 0. The van der Waals surface area contributed by atoms with E-state index in [2.05, 4.69) is 66.7 Å². The maximum absolute atomic E-state index is 10.9. The molecule has 0 fully saturated rings. The Labute approximate surface area is 170 Å². The number of fused-ring (bicyclic) bond motifs is 6. The van der Waals surface area contributed by atoms with E-state index in [9.17, 15) is 5.11 Å². The van der Waals surface area contributed by atoms with Crippen LogP contribution in [-0.2, 0) is 12.8 Å². The van der Waals surface area contributed by atoms with Crippen molar-refractivity contribution in [2.75, 3.05) is 0 Å². The minimum Gasteiger partial charge on any atom is -0.507 e. The molecule has 1 aliphatic carbocycles. The summed E-state index contributed by atoms with van der Waals surface area (Å²) < 4.78 is 0. The maximum atomic E-state index is 10.9. The standard InChI is InChI=1S/C28H22O/c29-28-24-8-4-2-6-19(24)9-14-25(28)21-11-13-23-20(17-21)12-16-26-22-7-3-1-5-18(22)10-15-27(23)26/h1-10,12,14-16,21,29H,11,13,17H2. The van der Waals surface area contributed by atoms with Gasteiger partial charge in [0.1, 0.15) is 5.75 Å². The molecule has 1 aliphatic rings. The zero-order valence-electron chi connectivity index (χ0n) is 16.2. The summed E-state index contributed by atoms with van der Waals surface area (Å²) in [6.07, 6.45) is 3.12. The van der Waals surface area contributed by atoms with Gasteiger partial charge in [0.25, 0.3) is 0 Å². The van der Waals surface area contributed by atoms with E-state index in [-0.39, 0.29) is 0 Å². The highest BCUT2D eigenvalue weighted by atomic mass is 16.3. The van der Waals surface area contributed by atoms with Crippen LogP contribution in [-0.4, -0.2) is 5.11 Å².